The van der Waals surface area contributed by atoms with Gasteiger partial charge in [-0.1, -0.05) is 36.4 Å². The lowest BCUT2D eigenvalue weighted by molar-refractivity contribution is 1.68. The fourth-order valence-electron chi connectivity index (χ4n) is 2.72. The molecular formula is C19H12O. The van der Waals surface area contributed by atoms with Gasteiger partial charge >= 0.3 is 0 Å². The van der Waals surface area contributed by atoms with Crippen molar-refractivity contribution in [3.63, 3.8) is 0 Å². The molecular weight excluding hydrogens is 244 g/mol. The van der Waals surface area contributed by atoms with Crippen molar-refractivity contribution in [1.82, 2.24) is 0 Å². The van der Waals surface area contributed by atoms with Crippen LogP contribution >= 0.6 is 0 Å². The van der Waals surface area contributed by atoms with Gasteiger partial charge in [-0.25, -0.2) is 0 Å². The summed E-state index contributed by atoms with van der Waals surface area (Å²) >= 11 is 0. The summed E-state index contributed by atoms with van der Waals surface area (Å²) in [5.74, 6) is 0. The summed E-state index contributed by atoms with van der Waals surface area (Å²) in [5.41, 5.74) is 0.0374. The normalized spacial score (nSPS) is 11.2. The zero-order chi connectivity index (χ0) is 13.5. The van der Waals surface area contributed by atoms with Crippen LogP contribution in [0.4, 0.5) is 0 Å². The van der Waals surface area contributed by atoms with Gasteiger partial charge in [0.25, 0.3) is 0 Å². The molecule has 0 spiro atoms. The summed E-state index contributed by atoms with van der Waals surface area (Å²) in [5, 5.41) is 7.07. The van der Waals surface area contributed by atoms with Crippen molar-refractivity contribution in [3.8, 4) is 0 Å². The Kier molecular flexibility index (Phi) is 2.33. The highest BCUT2D eigenvalue weighted by molar-refractivity contribution is 6.04. The molecule has 0 aliphatic carbocycles. The van der Waals surface area contributed by atoms with Crippen LogP contribution in [0.15, 0.2) is 77.6 Å². The van der Waals surface area contributed by atoms with Gasteiger partial charge in [-0.3, -0.25) is 4.79 Å². The summed E-state index contributed by atoms with van der Waals surface area (Å²) in [4.78, 5) is 11.5. The van der Waals surface area contributed by atoms with Gasteiger partial charge in [-0.2, -0.15) is 0 Å². The predicted octanol–water partition coefficient (Wildman–Crippen LogP) is 4.51. The van der Waals surface area contributed by atoms with E-state index in [4.69, 9.17) is 0 Å². The number of fused-ring (bicyclic) bond motifs is 3. The van der Waals surface area contributed by atoms with E-state index in [1.807, 2.05) is 12.1 Å². The maximum Gasteiger partial charge on any atom is 0.178 e. The lowest BCUT2D eigenvalue weighted by Crippen LogP contribution is -1.87. The zero-order valence-corrected chi connectivity index (χ0v) is 10.8. The third kappa shape index (κ3) is 1.76. The molecule has 1 heteroatoms. The molecule has 4 aromatic rings. The molecule has 0 saturated carbocycles. The van der Waals surface area contributed by atoms with Gasteiger partial charge < -0.3 is 0 Å². The minimum Gasteiger partial charge on any atom is -0.290 e. The van der Waals surface area contributed by atoms with Gasteiger partial charge in [0.15, 0.2) is 5.43 Å². The molecule has 4 aromatic carbocycles. The SMILES string of the molecule is O=c1ccc2cc3cc4ccccc4cc3cc2cc1. The van der Waals surface area contributed by atoms with Crippen molar-refractivity contribution in [3.05, 3.63) is 83.0 Å². The lowest BCUT2D eigenvalue weighted by Gasteiger charge is -2.03. The number of benzene rings is 3. The lowest BCUT2D eigenvalue weighted by atomic mass is 10.0. The molecule has 94 valence electrons. The van der Waals surface area contributed by atoms with Crippen LogP contribution in [0.3, 0.4) is 0 Å². The first-order valence-corrected chi connectivity index (χ1v) is 6.66. The molecule has 0 N–H and O–H groups in total. The van der Waals surface area contributed by atoms with E-state index in [0.717, 1.165) is 10.8 Å². The second kappa shape index (κ2) is 4.17. The smallest absolute Gasteiger partial charge is 0.178 e. The highest BCUT2D eigenvalue weighted by Crippen LogP contribution is 2.26. The van der Waals surface area contributed by atoms with Crippen molar-refractivity contribution in [2.24, 2.45) is 0 Å². The van der Waals surface area contributed by atoms with E-state index in [1.54, 1.807) is 12.1 Å². The van der Waals surface area contributed by atoms with Gasteiger partial charge in [0.1, 0.15) is 0 Å². The van der Waals surface area contributed by atoms with Gasteiger partial charge in [-0.15, -0.1) is 0 Å². The van der Waals surface area contributed by atoms with E-state index in [2.05, 4.69) is 48.5 Å². The summed E-state index contributed by atoms with van der Waals surface area (Å²) < 4.78 is 0. The van der Waals surface area contributed by atoms with E-state index >= 15 is 0 Å². The van der Waals surface area contributed by atoms with Crippen LogP contribution in [-0.2, 0) is 0 Å². The summed E-state index contributed by atoms with van der Waals surface area (Å²) in [6.45, 7) is 0. The van der Waals surface area contributed by atoms with Gasteiger partial charge in [0.05, 0.1) is 0 Å². The van der Waals surface area contributed by atoms with Crippen molar-refractivity contribution in [2.45, 2.75) is 0 Å². The first kappa shape index (κ1) is 11.2. The molecule has 0 amide bonds. The van der Waals surface area contributed by atoms with Crippen molar-refractivity contribution < 1.29 is 0 Å². The minimum absolute atomic E-state index is 0.0374. The molecule has 0 unspecified atom stereocenters. The highest BCUT2D eigenvalue weighted by atomic mass is 16.1. The molecule has 0 aliphatic heterocycles. The Balaban J connectivity index is 2.18. The molecule has 0 bridgehead atoms. The Morgan fingerprint density at radius 1 is 0.450 bits per heavy atom. The van der Waals surface area contributed by atoms with Crippen LogP contribution in [0.1, 0.15) is 0 Å². The van der Waals surface area contributed by atoms with Gasteiger partial charge in [0, 0.05) is 0 Å². The second-order valence-electron chi connectivity index (χ2n) is 5.10. The molecule has 1 nitrogen and oxygen atoms in total. The molecule has 0 aromatic heterocycles. The molecule has 0 saturated heterocycles. The molecule has 20 heavy (non-hydrogen) atoms. The van der Waals surface area contributed by atoms with Crippen molar-refractivity contribution in [1.29, 1.82) is 0 Å². The monoisotopic (exact) mass is 256 g/mol. The predicted molar refractivity (Wildman–Crippen MR) is 85.2 cm³/mol. The fraction of sp³-hybridized carbons (Fsp3) is 0. The van der Waals surface area contributed by atoms with Crippen LogP contribution in [0.5, 0.6) is 0 Å². The standard InChI is InChI=1S/C19H12O/c20-19-7-5-15-11-17-9-13-3-1-2-4-14(13)10-18(17)12-16(15)6-8-19/h1-12H. The van der Waals surface area contributed by atoms with E-state index in [-0.39, 0.29) is 5.43 Å². The Hall–Kier alpha value is -2.67. The number of hydrogen-bond acceptors (Lipinski definition) is 1. The Labute approximate surface area is 116 Å². The summed E-state index contributed by atoms with van der Waals surface area (Å²) in [6.07, 6.45) is 0. The van der Waals surface area contributed by atoms with Crippen molar-refractivity contribution in [2.75, 3.05) is 0 Å². The maximum atomic E-state index is 11.5. The molecule has 0 heterocycles. The van der Waals surface area contributed by atoms with E-state index in [9.17, 15) is 4.79 Å². The third-order valence-corrected chi connectivity index (χ3v) is 3.76. The van der Waals surface area contributed by atoms with E-state index in [1.165, 1.54) is 21.5 Å². The maximum absolute atomic E-state index is 11.5. The van der Waals surface area contributed by atoms with Crippen molar-refractivity contribution >= 4 is 32.3 Å². The topological polar surface area (TPSA) is 17.1 Å². The van der Waals surface area contributed by atoms with Crippen LogP contribution in [0.2, 0.25) is 0 Å². The van der Waals surface area contributed by atoms with Crippen LogP contribution in [0.25, 0.3) is 32.3 Å². The minimum atomic E-state index is 0.0374. The first-order valence-electron chi connectivity index (χ1n) is 6.66. The fourth-order valence-corrected chi connectivity index (χ4v) is 2.72. The van der Waals surface area contributed by atoms with E-state index < -0.39 is 0 Å². The Morgan fingerprint density at radius 2 is 0.850 bits per heavy atom. The molecule has 4 rings (SSSR count). The van der Waals surface area contributed by atoms with Gasteiger partial charge in [0.2, 0.25) is 0 Å². The molecule has 0 radical (unpaired) electrons. The Morgan fingerprint density at radius 3 is 1.30 bits per heavy atom. The summed E-state index contributed by atoms with van der Waals surface area (Å²) in [7, 11) is 0. The summed E-state index contributed by atoms with van der Waals surface area (Å²) in [6, 6.07) is 24.1. The zero-order valence-electron chi connectivity index (χ0n) is 10.8. The Bertz CT molecular complexity index is 936. The highest BCUT2D eigenvalue weighted by Gasteiger charge is 2.00. The first-order chi connectivity index (χ1) is 9.79. The largest absolute Gasteiger partial charge is 0.290 e. The van der Waals surface area contributed by atoms with Gasteiger partial charge in [-0.05, 0) is 68.7 Å². The van der Waals surface area contributed by atoms with Crippen LogP contribution < -0.4 is 5.43 Å². The number of hydrogen-bond donors (Lipinski definition) is 0. The number of rotatable bonds is 0. The average Bonchev–Trinajstić information content (AvgIpc) is 2.65. The quantitative estimate of drug-likeness (QED) is 0.423. The third-order valence-electron chi connectivity index (χ3n) is 3.76. The van der Waals surface area contributed by atoms with Crippen LogP contribution in [0, 0.1) is 0 Å². The van der Waals surface area contributed by atoms with Crippen LogP contribution in [-0.4, -0.2) is 0 Å². The second-order valence-corrected chi connectivity index (χ2v) is 5.10. The average molecular weight is 256 g/mol. The molecule has 0 fully saturated rings. The van der Waals surface area contributed by atoms with E-state index in [0.29, 0.717) is 0 Å². The molecule has 0 atom stereocenters. The molecule has 0 aliphatic rings.